The number of halogens is 4. The Balaban J connectivity index is 2.15. The first-order valence-corrected chi connectivity index (χ1v) is 6.24. The van der Waals surface area contributed by atoms with Crippen molar-refractivity contribution in [2.75, 3.05) is 5.32 Å². The molecule has 0 aliphatic heterocycles. The molecule has 0 radical (unpaired) electrons. The molecule has 1 aromatic carbocycles. The molecule has 0 fully saturated rings. The number of anilines is 1. The third-order valence-corrected chi connectivity index (χ3v) is 3.23. The summed E-state index contributed by atoms with van der Waals surface area (Å²) >= 11 is 3.23. The number of alkyl halides is 3. The number of nitrogens with zero attached hydrogens (tertiary/aromatic N) is 2. The van der Waals surface area contributed by atoms with E-state index in [1.54, 1.807) is 24.1 Å². The van der Waals surface area contributed by atoms with Crippen LogP contribution in [0.5, 0.6) is 0 Å². The number of nitrogens with one attached hydrogen (secondary N) is 1. The predicted molar refractivity (Wildman–Crippen MR) is 69.7 cm³/mol. The summed E-state index contributed by atoms with van der Waals surface area (Å²) in [5, 5.41) is 6.95. The molecule has 1 N–H and O–H groups in total. The van der Waals surface area contributed by atoms with Crippen molar-refractivity contribution in [3.05, 3.63) is 46.2 Å². The lowest BCUT2D eigenvalue weighted by atomic mass is 10.2. The van der Waals surface area contributed by atoms with Gasteiger partial charge in [0.15, 0.2) is 0 Å². The fraction of sp³-hybridized carbons (Fsp3) is 0.250. The highest BCUT2D eigenvalue weighted by molar-refractivity contribution is 9.10. The van der Waals surface area contributed by atoms with Crippen LogP contribution >= 0.6 is 15.9 Å². The molecule has 0 spiro atoms. The summed E-state index contributed by atoms with van der Waals surface area (Å²) in [5.41, 5.74) is 0.620. The van der Waals surface area contributed by atoms with Crippen molar-refractivity contribution in [1.82, 2.24) is 9.78 Å². The molecule has 19 heavy (non-hydrogen) atoms. The second-order valence-electron chi connectivity index (χ2n) is 4.07. The summed E-state index contributed by atoms with van der Waals surface area (Å²) in [6.45, 7) is 0.410. The Morgan fingerprint density at radius 3 is 2.68 bits per heavy atom. The number of hydrogen-bond donors (Lipinski definition) is 1. The molecular weight excluding hydrogens is 323 g/mol. The van der Waals surface area contributed by atoms with Crippen LogP contribution < -0.4 is 5.32 Å². The van der Waals surface area contributed by atoms with Crippen molar-refractivity contribution >= 4 is 21.6 Å². The zero-order chi connectivity index (χ0) is 14.0. The van der Waals surface area contributed by atoms with Gasteiger partial charge >= 0.3 is 6.18 Å². The van der Waals surface area contributed by atoms with E-state index in [2.05, 4.69) is 26.3 Å². The van der Waals surface area contributed by atoms with Crippen LogP contribution in [0.4, 0.5) is 18.9 Å². The third-order valence-electron chi connectivity index (χ3n) is 2.54. The van der Waals surface area contributed by atoms with E-state index in [9.17, 15) is 13.2 Å². The lowest BCUT2D eigenvalue weighted by molar-refractivity contribution is -0.137. The van der Waals surface area contributed by atoms with Gasteiger partial charge in [0.2, 0.25) is 0 Å². The van der Waals surface area contributed by atoms with Crippen molar-refractivity contribution in [3.8, 4) is 0 Å². The molecule has 0 amide bonds. The molecule has 0 saturated heterocycles. The van der Waals surface area contributed by atoms with E-state index >= 15 is 0 Å². The van der Waals surface area contributed by atoms with E-state index in [0.29, 0.717) is 16.7 Å². The Labute approximate surface area is 116 Å². The molecule has 102 valence electrons. The highest BCUT2D eigenvalue weighted by Crippen LogP contribution is 2.34. The van der Waals surface area contributed by atoms with Gasteiger partial charge in [0.05, 0.1) is 11.8 Å². The number of aryl methyl sites for hydroxylation is 1. The van der Waals surface area contributed by atoms with Gasteiger partial charge in [-0.25, -0.2) is 0 Å². The van der Waals surface area contributed by atoms with E-state index in [1.807, 2.05) is 0 Å². The molecule has 1 heterocycles. The van der Waals surface area contributed by atoms with Crippen molar-refractivity contribution in [2.45, 2.75) is 12.7 Å². The molecule has 0 atom stereocenters. The Bertz CT molecular complexity index is 578. The van der Waals surface area contributed by atoms with Crippen LogP contribution in [0.15, 0.2) is 35.1 Å². The first-order chi connectivity index (χ1) is 8.86. The molecular formula is C12H11BrF3N3. The minimum atomic E-state index is -4.34. The van der Waals surface area contributed by atoms with Gasteiger partial charge < -0.3 is 5.32 Å². The summed E-state index contributed by atoms with van der Waals surface area (Å²) in [7, 11) is 1.78. The highest BCUT2D eigenvalue weighted by atomic mass is 79.9. The summed E-state index contributed by atoms with van der Waals surface area (Å²) in [5.74, 6) is 0. The summed E-state index contributed by atoms with van der Waals surface area (Å²) in [4.78, 5) is 0. The van der Waals surface area contributed by atoms with E-state index in [-0.39, 0.29) is 0 Å². The van der Waals surface area contributed by atoms with E-state index in [0.717, 1.165) is 17.7 Å². The van der Waals surface area contributed by atoms with E-state index in [1.165, 1.54) is 6.07 Å². The molecule has 0 saturated carbocycles. The smallest absolute Gasteiger partial charge is 0.380 e. The molecule has 0 aliphatic rings. The first kappa shape index (κ1) is 13.9. The lowest BCUT2D eigenvalue weighted by Gasteiger charge is -2.12. The van der Waals surface area contributed by atoms with E-state index in [4.69, 9.17) is 0 Å². The first-order valence-electron chi connectivity index (χ1n) is 5.44. The Morgan fingerprint density at radius 1 is 1.37 bits per heavy atom. The van der Waals surface area contributed by atoms with Gasteiger partial charge in [-0.3, -0.25) is 4.68 Å². The quantitative estimate of drug-likeness (QED) is 0.925. The standard InChI is InChI=1S/C12H11BrF3N3/c1-19-7-8(6-18-19)5-17-11-4-9(12(14,15)16)2-3-10(11)13/h2-4,6-7,17H,5H2,1H3. The topological polar surface area (TPSA) is 29.9 Å². The number of aromatic nitrogens is 2. The van der Waals surface area contributed by atoms with Crippen molar-refractivity contribution in [3.63, 3.8) is 0 Å². The van der Waals surface area contributed by atoms with Gasteiger partial charge in [-0.1, -0.05) is 0 Å². The monoisotopic (exact) mass is 333 g/mol. The van der Waals surface area contributed by atoms with Crippen LogP contribution in [0, 0.1) is 0 Å². The zero-order valence-electron chi connectivity index (χ0n) is 10.0. The highest BCUT2D eigenvalue weighted by Gasteiger charge is 2.30. The summed E-state index contributed by atoms with van der Waals surface area (Å²) in [6.07, 6.45) is -0.880. The van der Waals surface area contributed by atoms with Gasteiger partial charge in [-0.2, -0.15) is 18.3 Å². The van der Waals surface area contributed by atoms with Gasteiger partial charge in [0.1, 0.15) is 0 Å². The zero-order valence-corrected chi connectivity index (χ0v) is 11.6. The number of benzene rings is 1. The van der Waals surface area contributed by atoms with Crippen molar-refractivity contribution < 1.29 is 13.2 Å². The second-order valence-corrected chi connectivity index (χ2v) is 4.92. The number of hydrogen-bond acceptors (Lipinski definition) is 2. The van der Waals surface area contributed by atoms with Crippen LogP contribution in [-0.2, 0) is 19.8 Å². The largest absolute Gasteiger partial charge is 0.416 e. The van der Waals surface area contributed by atoms with Gasteiger partial charge in [0, 0.05) is 35.5 Å². The Hall–Kier alpha value is -1.50. The Morgan fingerprint density at radius 2 is 2.11 bits per heavy atom. The lowest BCUT2D eigenvalue weighted by Crippen LogP contribution is -2.07. The minimum absolute atomic E-state index is 0.402. The predicted octanol–water partition coefficient (Wildman–Crippen LogP) is 3.81. The van der Waals surface area contributed by atoms with Gasteiger partial charge in [-0.05, 0) is 34.1 Å². The molecule has 2 rings (SSSR count). The molecule has 0 bridgehead atoms. The maximum atomic E-state index is 12.6. The molecule has 3 nitrogen and oxygen atoms in total. The average Bonchev–Trinajstić information content (AvgIpc) is 2.72. The Kier molecular flexibility index (Phi) is 3.84. The van der Waals surface area contributed by atoms with Crippen LogP contribution in [-0.4, -0.2) is 9.78 Å². The van der Waals surface area contributed by atoms with E-state index < -0.39 is 11.7 Å². The van der Waals surface area contributed by atoms with Crippen molar-refractivity contribution in [2.24, 2.45) is 7.05 Å². The normalized spacial score (nSPS) is 11.6. The van der Waals surface area contributed by atoms with Crippen LogP contribution in [0.2, 0.25) is 0 Å². The molecule has 0 aliphatic carbocycles. The molecule has 2 aromatic rings. The van der Waals surface area contributed by atoms with Gasteiger partial charge in [0.25, 0.3) is 0 Å². The fourth-order valence-electron chi connectivity index (χ4n) is 1.60. The average molecular weight is 334 g/mol. The SMILES string of the molecule is Cn1cc(CNc2cc(C(F)(F)F)ccc2Br)cn1. The molecule has 1 aromatic heterocycles. The summed E-state index contributed by atoms with van der Waals surface area (Å²) < 4.78 is 40.1. The van der Waals surface area contributed by atoms with Gasteiger partial charge in [-0.15, -0.1) is 0 Å². The maximum absolute atomic E-state index is 12.6. The van der Waals surface area contributed by atoms with Crippen LogP contribution in [0.1, 0.15) is 11.1 Å². The summed E-state index contributed by atoms with van der Waals surface area (Å²) in [6, 6.07) is 3.51. The van der Waals surface area contributed by atoms with Crippen LogP contribution in [0.3, 0.4) is 0 Å². The third kappa shape index (κ3) is 3.50. The maximum Gasteiger partial charge on any atom is 0.416 e. The molecule has 7 heteroatoms. The minimum Gasteiger partial charge on any atom is -0.380 e. The fourth-order valence-corrected chi connectivity index (χ4v) is 1.98. The van der Waals surface area contributed by atoms with Crippen molar-refractivity contribution in [1.29, 1.82) is 0 Å². The molecule has 0 unspecified atom stereocenters. The van der Waals surface area contributed by atoms with Crippen LogP contribution in [0.25, 0.3) is 0 Å². The second kappa shape index (κ2) is 5.24. The number of rotatable bonds is 3.